The number of H-pyrrole nitrogens is 1. The highest BCUT2D eigenvalue weighted by Crippen LogP contribution is 2.36. The van der Waals surface area contributed by atoms with Crippen LogP contribution in [0.25, 0.3) is 21.7 Å². The van der Waals surface area contributed by atoms with Gasteiger partial charge in [-0.05, 0) is 34.5 Å². The summed E-state index contributed by atoms with van der Waals surface area (Å²) in [5, 5.41) is 18.0. The van der Waals surface area contributed by atoms with Gasteiger partial charge in [-0.1, -0.05) is 66.2 Å². The van der Waals surface area contributed by atoms with Crippen LogP contribution in [0.2, 0.25) is 5.02 Å². The Morgan fingerprint density at radius 2 is 1.72 bits per heavy atom. The van der Waals surface area contributed by atoms with Crippen molar-refractivity contribution in [2.45, 2.75) is 6.61 Å². The SMILES string of the molecule is O=c1[nH]c2ccccc2c(=O)n1N=Cc1cc(Cl)c(OCc2cccc3ccccc23)c([N+](=O)[O-])c1. The van der Waals surface area contributed by atoms with Gasteiger partial charge in [-0.2, -0.15) is 5.10 Å². The Morgan fingerprint density at radius 3 is 2.53 bits per heavy atom. The molecule has 0 aliphatic carbocycles. The van der Waals surface area contributed by atoms with Gasteiger partial charge in [0, 0.05) is 11.6 Å². The predicted molar refractivity (Wildman–Crippen MR) is 138 cm³/mol. The summed E-state index contributed by atoms with van der Waals surface area (Å²) in [6, 6.07) is 22.6. The van der Waals surface area contributed by atoms with E-state index in [0.29, 0.717) is 10.2 Å². The lowest BCUT2D eigenvalue weighted by Gasteiger charge is -2.11. The quantitative estimate of drug-likeness (QED) is 0.203. The molecule has 0 aliphatic rings. The second kappa shape index (κ2) is 9.47. The van der Waals surface area contributed by atoms with Crippen LogP contribution in [-0.2, 0) is 6.61 Å². The highest BCUT2D eigenvalue weighted by atomic mass is 35.5. The molecular formula is C26H17ClN4O5. The van der Waals surface area contributed by atoms with Gasteiger partial charge in [0.2, 0.25) is 5.75 Å². The predicted octanol–water partition coefficient (Wildman–Crippen LogP) is 4.87. The van der Waals surface area contributed by atoms with E-state index in [9.17, 15) is 19.7 Å². The van der Waals surface area contributed by atoms with Crippen LogP contribution in [0.1, 0.15) is 11.1 Å². The van der Waals surface area contributed by atoms with Crippen molar-refractivity contribution in [2.75, 3.05) is 0 Å². The molecule has 0 spiro atoms. The summed E-state index contributed by atoms with van der Waals surface area (Å²) in [6.45, 7) is 0.0667. The molecule has 1 heterocycles. The maximum Gasteiger partial charge on any atom is 0.349 e. The summed E-state index contributed by atoms with van der Waals surface area (Å²) < 4.78 is 6.45. The number of rotatable bonds is 6. The number of aromatic amines is 1. The Kier molecular flexibility index (Phi) is 6.05. The van der Waals surface area contributed by atoms with Gasteiger partial charge in [0.05, 0.1) is 27.1 Å². The van der Waals surface area contributed by atoms with Crippen molar-refractivity contribution in [3.05, 3.63) is 126 Å². The third-order valence-corrected chi connectivity index (χ3v) is 5.88. The molecule has 1 aromatic heterocycles. The number of nitro benzene ring substituents is 1. The largest absolute Gasteiger partial charge is 0.481 e. The van der Waals surface area contributed by atoms with Gasteiger partial charge in [-0.15, -0.1) is 4.68 Å². The fraction of sp³-hybridized carbons (Fsp3) is 0.0385. The Morgan fingerprint density at radius 1 is 1.00 bits per heavy atom. The molecule has 1 N–H and O–H groups in total. The molecule has 178 valence electrons. The lowest BCUT2D eigenvalue weighted by molar-refractivity contribution is -0.385. The number of nitrogens with one attached hydrogen (secondary N) is 1. The Labute approximate surface area is 208 Å². The van der Waals surface area contributed by atoms with E-state index in [0.717, 1.165) is 22.6 Å². The molecule has 0 fully saturated rings. The van der Waals surface area contributed by atoms with Crippen molar-refractivity contribution in [1.82, 2.24) is 9.66 Å². The summed E-state index contributed by atoms with van der Waals surface area (Å²) in [4.78, 5) is 38.7. The third-order valence-electron chi connectivity index (χ3n) is 5.60. The lowest BCUT2D eigenvalue weighted by atomic mass is 10.1. The summed E-state index contributed by atoms with van der Waals surface area (Å²) in [7, 11) is 0. The van der Waals surface area contributed by atoms with Gasteiger partial charge >= 0.3 is 11.4 Å². The minimum atomic E-state index is -0.745. The van der Waals surface area contributed by atoms with E-state index in [1.807, 2.05) is 42.5 Å². The molecule has 0 radical (unpaired) electrons. The van der Waals surface area contributed by atoms with Crippen molar-refractivity contribution in [1.29, 1.82) is 0 Å². The van der Waals surface area contributed by atoms with Crippen LogP contribution in [0.15, 0.2) is 93.6 Å². The molecule has 0 amide bonds. The number of aromatic nitrogens is 2. The minimum Gasteiger partial charge on any atom is -0.481 e. The number of nitrogens with zero attached hydrogens (tertiary/aromatic N) is 3. The van der Waals surface area contributed by atoms with Crippen molar-refractivity contribution in [2.24, 2.45) is 5.10 Å². The molecule has 0 aliphatic heterocycles. The molecule has 0 saturated heterocycles. The van der Waals surface area contributed by atoms with Crippen molar-refractivity contribution >= 4 is 45.2 Å². The number of para-hydroxylation sites is 1. The number of nitro groups is 1. The molecule has 5 rings (SSSR count). The van der Waals surface area contributed by atoms with E-state index >= 15 is 0 Å². The fourth-order valence-electron chi connectivity index (χ4n) is 3.90. The van der Waals surface area contributed by atoms with E-state index in [1.54, 1.807) is 24.3 Å². The number of benzene rings is 4. The summed E-state index contributed by atoms with van der Waals surface area (Å²) >= 11 is 6.36. The molecule has 10 heteroatoms. The monoisotopic (exact) mass is 500 g/mol. The third kappa shape index (κ3) is 4.35. The number of ether oxygens (including phenoxy) is 1. The van der Waals surface area contributed by atoms with Gasteiger partial charge in [0.1, 0.15) is 6.61 Å². The lowest BCUT2D eigenvalue weighted by Crippen LogP contribution is -2.32. The van der Waals surface area contributed by atoms with Gasteiger partial charge in [-0.3, -0.25) is 14.9 Å². The molecule has 9 nitrogen and oxygen atoms in total. The Hall–Kier alpha value is -4.76. The molecular weight excluding hydrogens is 484 g/mol. The van der Waals surface area contributed by atoms with E-state index in [4.69, 9.17) is 16.3 Å². The van der Waals surface area contributed by atoms with Crippen LogP contribution < -0.4 is 16.0 Å². The molecule has 36 heavy (non-hydrogen) atoms. The molecule has 0 saturated carbocycles. The highest BCUT2D eigenvalue weighted by molar-refractivity contribution is 6.32. The number of fused-ring (bicyclic) bond motifs is 2. The van der Waals surface area contributed by atoms with Crippen molar-refractivity contribution in [3.8, 4) is 5.75 Å². The van der Waals surface area contributed by atoms with Crippen molar-refractivity contribution < 1.29 is 9.66 Å². The van der Waals surface area contributed by atoms with Crippen LogP contribution in [0.4, 0.5) is 5.69 Å². The summed E-state index contributed by atoms with van der Waals surface area (Å²) in [5.74, 6) is -0.0903. The molecule has 0 atom stereocenters. The summed E-state index contributed by atoms with van der Waals surface area (Å²) in [6.07, 6.45) is 1.15. The van der Waals surface area contributed by atoms with E-state index in [-0.39, 0.29) is 34.0 Å². The van der Waals surface area contributed by atoms with E-state index < -0.39 is 16.2 Å². The number of hydrogen-bond acceptors (Lipinski definition) is 6. The Bertz CT molecular complexity index is 1790. The maximum absolute atomic E-state index is 12.7. The topological polar surface area (TPSA) is 120 Å². The minimum absolute atomic E-state index is 0.00865. The van der Waals surface area contributed by atoms with Crippen LogP contribution in [0.5, 0.6) is 5.75 Å². The second-order valence-corrected chi connectivity index (χ2v) is 8.28. The molecule has 4 aromatic carbocycles. The van der Waals surface area contributed by atoms with Gasteiger partial charge in [0.15, 0.2) is 0 Å². The molecule has 5 aromatic rings. The highest BCUT2D eigenvalue weighted by Gasteiger charge is 2.21. The summed E-state index contributed by atoms with van der Waals surface area (Å²) in [5.41, 5.74) is -0.302. The average molecular weight is 501 g/mol. The van der Waals surface area contributed by atoms with Gasteiger partial charge < -0.3 is 9.72 Å². The maximum atomic E-state index is 12.7. The smallest absolute Gasteiger partial charge is 0.349 e. The van der Waals surface area contributed by atoms with Crippen LogP contribution in [0.3, 0.4) is 0 Å². The van der Waals surface area contributed by atoms with Crippen molar-refractivity contribution in [3.63, 3.8) is 0 Å². The normalized spacial score (nSPS) is 11.4. The zero-order valence-electron chi connectivity index (χ0n) is 18.6. The van der Waals surface area contributed by atoms with Crippen LogP contribution in [0, 0.1) is 10.1 Å². The van der Waals surface area contributed by atoms with E-state index in [1.165, 1.54) is 12.1 Å². The second-order valence-electron chi connectivity index (χ2n) is 7.87. The fourth-order valence-corrected chi connectivity index (χ4v) is 4.18. The average Bonchev–Trinajstić information content (AvgIpc) is 2.87. The number of hydrogen-bond donors (Lipinski definition) is 1. The molecule has 0 bridgehead atoms. The van der Waals surface area contributed by atoms with Gasteiger partial charge in [-0.25, -0.2) is 4.79 Å². The number of halogens is 1. The Balaban J connectivity index is 1.48. The first-order valence-corrected chi connectivity index (χ1v) is 11.2. The first-order chi connectivity index (χ1) is 17.4. The zero-order valence-corrected chi connectivity index (χ0v) is 19.3. The molecule has 0 unspecified atom stereocenters. The van der Waals surface area contributed by atoms with Crippen LogP contribution in [-0.4, -0.2) is 20.8 Å². The first kappa shape index (κ1) is 23.0. The first-order valence-electron chi connectivity index (χ1n) is 10.8. The standard InChI is InChI=1S/C26H17ClN4O5/c27-21-12-16(14-28-30-25(32)20-10-3-4-11-22(20)29-26(30)33)13-23(31(34)35)24(21)36-15-18-8-5-7-17-6-1-2-9-19(17)18/h1-14H,15H2,(H,29,33). The zero-order chi connectivity index (χ0) is 25.2. The van der Waals surface area contributed by atoms with Gasteiger partial charge in [0.25, 0.3) is 5.56 Å². The van der Waals surface area contributed by atoms with Crippen LogP contribution >= 0.6 is 11.6 Å². The van der Waals surface area contributed by atoms with E-state index in [2.05, 4.69) is 10.1 Å².